The van der Waals surface area contributed by atoms with Crippen LogP contribution in [0.2, 0.25) is 0 Å². The quantitative estimate of drug-likeness (QED) is 0.799. The van der Waals surface area contributed by atoms with Crippen LogP contribution in [0.4, 0.5) is 24.5 Å². The van der Waals surface area contributed by atoms with Crippen molar-refractivity contribution in [1.29, 1.82) is 0 Å². The Morgan fingerprint density at radius 1 is 1.04 bits per heavy atom. The number of amides is 1. The van der Waals surface area contributed by atoms with Gasteiger partial charge in [-0.15, -0.1) is 0 Å². The van der Waals surface area contributed by atoms with Gasteiger partial charge in [0.2, 0.25) is 5.91 Å². The van der Waals surface area contributed by atoms with Crippen LogP contribution in [0.5, 0.6) is 5.75 Å². The first kappa shape index (κ1) is 16.7. The van der Waals surface area contributed by atoms with Crippen molar-refractivity contribution < 1.29 is 22.7 Å². The second-order valence-electron chi connectivity index (χ2n) is 4.65. The molecule has 2 N–H and O–H groups in total. The number of methoxy groups -OCH3 is 1. The Morgan fingerprint density at radius 2 is 1.78 bits per heavy atom. The van der Waals surface area contributed by atoms with Gasteiger partial charge in [0.25, 0.3) is 0 Å². The maximum absolute atomic E-state index is 13.4. The number of halogens is 3. The van der Waals surface area contributed by atoms with Gasteiger partial charge < -0.3 is 15.4 Å². The normalized spacial score (nSPS) is 10.3. The number of rotatable bonds is 6. The summed E-state index contributed by atoms with van der Waals surface area (Å²) in [5.74, 6) is -4.25. The maximum atomic E-state index is 13.4. The standard InChI is InChI=1S/C16H15F3N2O2/c1-23-13-5-3-2-4-11(13)20-9-8-14(22)21-12-7-6-10(17)15(18)16(12)19/h2-7,20H,8-9H2,1H3,(H,21,22). The average molecular weight is 324 g/mol. The molecule has 122 valence electrons. The molecule has 0 spiro atoms. The topological polar surface area (TPSA) is 50.4 Å². The van der Waals surface area contributed by atoms with Crippen molar-refractivity contribution in [2.45, 2.75) is 6.42 Å². The zero-order chi connectivity index (χ0) is 16.8. The number of carbonyl (C=O) groups is 1. The van der Waals surface area contributed by atoms with Crippen molar-refractivity contribution in [3.63, 3.8) is 0 Å². The van der Waals surface area contributed by atoms with Gasteiger partial charge in [-0.1, -0.05) is 12.1 Å². The fraction of sp³-hybridized carbons (Fsp3) is 0.188. The zero-order valence-corrected chi connectivity index (χ0v) is 12.3. The Balaban J connectivity index is 1.90. The van der Waals surface area contributed by atoms with Crippen LogP contribution in [-0.2, 0) is 4.79 Å². The second-order valence-corrected chi connectivity index (χ2v) is 4.65. The molecule has 1 amide bonds. The minimum Gasteiger partial charge on any atom is -0.495 e. The van der Waals surface area contributed by atoms with Gasteiger partial charge in [0.15, 0.2) is 17.5 Å². The molecule has 7 heteroatoms. The molecule has 0 radical (unpaired) electrons. The number of anilines is 2. The van der Waals surface area contributed by atoms with Crippen molar-refractivity contribution in [3.05, 3.63) is 53.8 Å². The molecule has 23 heavy (non-hydrogen) atoms. The Bertz CT molecular complexity index is 708. The molecule has 0 saturated carbocycles. The molecule has 0 atom stereocenters. The van der Waals surface area contributed by atoms with E-state index in [1.165, 1.54) is 7.11 Å². The third-order valence-corrected chi connectivity index (χ3v) is 3.08. The van der Waals surface area contributed by atoms with E-state index in [-0.39, 0.29) is 13.0 Å². The highest BCUT2D eigenvalue weighted by Gasteiger charge is 2.15. The van der Waals surface area contributed by atoms with Gasteiger partial charge in [0.1, 0.15) is 5.75 Å². The lowest BCUT2D eigenvalue weighted by Crippen LogP contribution is -2.17. The molecule has 0 aliphatic carbocycles. The van der Waals surface area contributed by atoms with Crippen molar-refractivity contribution in [2.75, 3.05) is 24.3 Å². The van der Waals surface area contributed by atoms with Gasteiger partial charge in [-0.2, -0.15) is 0 Å². The monoisotopic (exact) mass is 324 g/mol. The van der Waals surface area contributed by atoms with Crippen molar-refractivity contribution in [2.24, 2.45) is 0 Å². The third kappa shape index (κ3) is 4.15. The van der Waals surface area contributed by atoms with Gasteiger partial charge >= 0.3 is 0 Å². The van der Waals surface area contributed by atoms with E-state index in [0.717, 1.165) is 12.1 Å². The summed E-state index contributed by atoms with van der Waals surface area (Å²) < 4.78 is 44.5. The predicted molar refractivity (Wildman–Crippen MR) is 81.0 cm³/mol. The fourth-order valence-electron chi connectivity index (χ4n) is 1.94. The molecule has 0 bridgehead atoms. The Hall–Kier alpha value is -2.70. The highest BCUT2D eigenvalue weighted by atomic mass is 19.2. The van der Waals surface area contributed by atoms with Gasteiger partial charge in [-0.25, -0.2) is 13.2 Å². The van der Waals surface area contributed by atoms with E-state index in [1.807, 2.05) is 12.1 Å². The number of carbonyl (C=O) groups excluding carboxylic acids is 1. The minimum absolute atomic E-state index is 0.0104. The number of ether oxygens (including phenoxy) is 1. The first-order valence-corrected chi connectivity index (χ1v) is 6.83. The van der Waals surface area contributed by atoms with Crippen molar-refractivity contribution >= 4 is 17.3 Å². The second kappa shape index (κ2) is 7.53. The molecule has 4 nitrogen and oxygen atoms in total. The molecule has 0 saturated heterocycles. The lowest BCUT2D eigenvalue weighted by atomic mass is 10.2. The highest BCUT2D eigenvalue weighted by Crippen LogP contribution is 2.23. The van der Waals surface area contributed by atoms with E-state index in [1.54, 1.807) is 12.1 Å². The van der Waals surface area contributed by atoms with E-state index in [2.05, 4.69) is 10.6 Å². The van der Waals surface area contributed by atoms with E-state index < -0.39 is 29.0 Å². The molecule has 0 aliphatic heterocycles. The number of para-hydroxylation sites is 2. The van der Waals surface area contributed by atoms with Gasteiger partial charge in [0.05, 0.1) is 18.5 Å². The SMILES string of the molecule is COc1ccccc1NCCC(=O)Nc1ccc(F)c(F)c1F. The molecular formula is C16H15F3N2O2. The molecular weight excluding hydrogens is 309 g/mol. The number of hydrogen-bond acceptors (Lipinski definition) is 3. The molecule has 0 aromatic heterocycles. The third-order valence-electron chi connectivity index (χ3n) is 3.08. The molecule has 0 unspecified atom stereocenters. The lowest BCUT2D eigenvalue weighted by Gasteiger charge is -2.11. The van der Waals surface area contributed by atoms with Crippen LogP contribution < -0.4 is 15.4 Å². The number of nitrogens with one attached hydrogen (secondary N) is 2. The van der Waals surface area contributed by atoms with E-state index in [0.29, 0.717) is 11.4 Å². The van der Waals surface area contributed by atoms with Crippen LogP contribution in [0, 0.1) is 17.5 Å². The van der Waals surface area contributed by atoms with Crippen LogP contribution >= 0.6 is 0 Å². The van der Waals surface area contributed by atoms with Crippen LogP contribution in [0.25, 0.3) is 0 Å². The largest absolute Gasteiger partial charge is 0.495 e. The molecule has 2 aromatic rings. The Morgan fingerprint density at radius 3 is 2.52 bits per heavy atom. The summed E-state index contributed by atoms with van der Waals surface area (Å²) in [4.78, 5) is 11.7. The molecule has 2 rings (SSSR count). The first-order chi connectivity index (χ1) is 11.0. The number of benzene rings is 2. The molecule has 2 aromatic carbocycles. The van der Waals surface area contributed by atoms with Crippen LogP contribution in [0.1, 0.15) is 6.42 Å². The van der Waals surface area contributed by atoms with Crippen molar-refractivity contribution in [3.8, 4) is 5.75 Å². The minimum atomic E-state index is -1.62. The average Bonchev–Trinajstić information content (AvgIpc) is 2.56. The summed E-state index contributed by atoms with van der Waals surface area (Å²) in [6, 6.07) is 8.88. The summed E-state index contributed by atoms with van der Waals surface area (Å²) in [5.41, 5.74) is 0.313. The maximum Gasteiger partial charge on any atom is 0.226 e. The molecule has 0 heterocycles. The number of hydrogen-bond donors (Lipinski definition) is 2. The first-order valence-electron chi connectivity index (χ1n) is 6.83. The molecule has 0 fully saturated rings. The lowest BCUT2D eigenvalue weighted by molar-refractivity contribution is -0.116. The highest BCUT2D eigenvalue weighted by molar-refractivity contribution is 5.91. The summed E-state index contributed by atoms with van der Waals surface area (Å²) in [5, 5.41) is 5.20. The zero-order valence-electron chi connectivity index (χ0n) is 12.3. The summed E-state index contributed by atoms with van der Waals surface area (Å²) in [6.45, 7) is 0.261. The van der Waals surface area contributed by atoms with Crippen LogP contribution in [0.3, 0.4) is 0 Å². The molecule has 0 aliphatic rings. The van der Waals surface area contributed by atoms with E-state index in [4.69, 9.17) is 4.74 Å². The summed E-state index contributed by atoms with van der Waals surface area (Å²) in [6.07, 6.45) is 0.0104. The van der Waals surface area contributed by atoms with Crippen molar-refractivity contribution in [1.82, 2.24) is 0 Å². The van der Waals surface area contributed by atoms with Gasteiger partial charge in [0, 0.05) is 13.0 Å². The Labute approximate surface area is 131 Å². The van der Waals surface area contributed by atoms with Gasteiger partial charge in [-0.3, -0.25) is 4.79 Å². The smallest absolute Gasteiger partial charge is 0.226 e. The van der Waals surface area contributed by atoms with E-state index >= 15 is 0 Å². The van der Waals surface area contributed by atoms with Gasteiger partial charge in [-0.05, 0) is 24.3 Å². The summed E-state index contributed by atoms with van der Waals surface area (Å²) in [7, 11) is 1.53. The van der Waals surface area contributed by atoms with Crippen LogP contribution in [0.15, 0.2) is 36.4 Å². The fourth-order valence-corrected chi connectivity index (χ4v) is 1.94. The van der Waals surface area contributed by atoms with Crippen LogP contribution in [-0.4, -0.2) is 19.6 Å². The summed E-state index contributed by atoms with van der Waals surface area (Å²) >= 11 is 0. The predicted octanol–water partition coefficient (Wildman–Crippen LogP) is 3.55. The Kier molecular flexibility index (Phi) is 5.46. The van der Waals surface area contributed by atoms with E-state index in [9.17, 15) is 18.0 Å².